The van der Waals surface area contributed by atoms with E-state index in [4.69, 9.17) is 22.1 Å². The van der Waals surface area contributed by atoms with Crippen LogP contribution in [0.4, 0.5) is 0 Å². The summed E-state index contributed by atoms with van der Waals surface area (Å²) in [5.41, 5.74) is 7.39. The molecule has 0 aliphatic carbocycles. The second-order valence-electron chi connectivity index (χ2n) is 4.42. The normalized spacial score (nSPS) is 14.1. The Morgan fingerprint density at radius 3 is 2.84 bits per heavy atom. The monoisotopic (exact) mass is 296 g/mol. The van der Waals surface area contributed by atoms with Gasteiger partial charge in [0.15, 0.2) is 0 Å². The van der Waals surface area contributed by atoms with Crippen LogP contribution < -0.4 is 10.5 Å². The van der Waals surface area contributed by atoms with E-state index in [0.717, 1.165) is 11.3 Å². The van der Waals surface area contributed by atoms with Crippen LogP contribution >= 0.6 is 22.9 Å². The van der Waals surface area contributed by atoms with Crippen molar-refractivity contribution in [3.63, 3.8) is 0 Å². The zero-order valence-corrected chi connectivity index (χ0v) is 12.5. The highest BCUT2D eigenvalue weighted by molar-refractivity contribution is 7.10. The molecule has 2 unspecified atom stereocenters. The largest absolute Gasteiger partial charge is 0.482 e. The highest BCUT2D eigenvalue weighted by Crippen LogP contribution is 2.31. The maximum absolute atomic E-state index is 6.19. The van der Waals surface area contributed by atoms with Crippen LogP contribution in [-0.2, 0) is 0 Å². The minimum absolute atomic E-state index is 0.0590. The molecule has 5 heteroatoms. The number of aryl methyl sites for hydroxylation is 1. The third-order valence-corrected chi connectivity index (χ3v) is 4.25. The lowest BCUT2D eigenvalue weighted by molar-refractivity contribution is 0.173. The first-order valence-electron chi connectivity index (χ1n) is 6.18. The van der Waals surface area contributed by atoms with Gasteiger partial charge >= 0.3 is 0 Å². The summed E-state index contributed by atoms with van der Waals surface area (Å²) < 4.78 is 6.01. The number of halogens is 1. The molecule has 2 rings (SSSR count). The first kappa shape index (κ1) is 14.3. The van der Waals surface area contributed by atoms with Gasteiger partial charge in [-0.25, -0.2) is 0 Å². The van der Waals surface area contributed by atoms with E-state index in [2.05, 4.69) is 30.3 Å². The zero-order chi connectivity index (χ0) is 13.8. The fourth-order valence-corrected chi connectivity index (χ4v) is 3.02. The Labute approximate surface area is 122 Å². The third kappa shape index (κ3) is 3.47. The number of thiophene rings is 1. The Bertz CT molecular complexity index is 544. The molecule has 2 aromatic heterocycles. The van der Waals surface area contributed by atoms with Gasteiger partial charge in [0.2, 0.25) is 0 Å². The fraction of sp³-hybridized carbons (Fsp3) is 0.357. The van der Waals surface area contributed by atoms with E-state index in [1.54, 1.807) is 29.8 Å². The summed E-state index contributed by atoms with van der Waals surface area (Å²) in [6.07, 6.45) is 3.92. The van der Waals surface area contributed by atoms with Gasteiger partial charge in [0.1, 0.15) is 11.9 Å². The first-order valence-corrected chi connectivity index (χ1v) is 7.44. The van der Waals surface area contributed by atoms with E-state index >= 15 is 0 Å². The van der Waals surface area contributed by atoms with Crippen molar-refractivity contribution < 1.29 is 4.74 Å². The van der Waals surface area contributed by atoms with Crippen molar-refractivity contribution in [3.05, 3.63) is 45.4 Å². The van der Waals surface area contributed by atoms with Crippen LogP contribution in [0, 0.1) is 6.92 Å². The van der Waals surface area contributed by atoms with Crippen molar-refractivity contribution in [2.75, 3.05) is 0 Å². The van der Waals surface area contributed by atoms with Gasteiger partial charge in [0.05, 0.1) is 11.2 Å². The molecule has 2 N–H and O–H groups in total. The number of pyridine rings is 1. The molecule has 0 aliphatic heterocycles. The summed E-state index contributed by atoms with van der Waals surface area (Å²) in [7, 11) is 0. The van der Waals surface area contributed by atoms with Crippen LogP contribution in [0.2, 0.25) is 5.02 Å². The molecule has 0 amide bonds. The quantitative estimate of drug-likeness (QED) is 0.908. The number of hydrogen-bond acceptors (Lipinski definition) is 4. The van der Waals surface area contributed by atoms with Crippen LogP contribution in [0.15, 0.2) is 29.9 Å². The average molecular weight is 297 g/mol. The van der Waals surface area contributed by atoms with Crippen LogP contribution in [-0.4, -0.2) is 11.0 Å². The molecule has 0 radical (unpaired) electrons. The molecule has 19 heavy (non-hydrogen) atoms. The smallest absolute Gasteiger partial charge is 0.148 e. The molecule has 0 fully saturated rings. The van der Waals surface area contributed by atoms with Crippen LogP contribution in [0.3, 0.4) is 0 Å². The van der Waals surface area contributed by atoms with E-state index in [0.29, 0.717) is 10.8 Å². The van der Waals surface area contributed by atoms with Crippen molar-refractivity contribution in [3.8, 4) is 5.75 Å². The summed E-state index contributed by atoms with van der Waals surface area (Å²) in [6, 6.07) is 3.78. The average Bonchev–Trinajstić information content (AvgIpc) is 2.81. The lowest BCUT2D eigenvalue weighted by atomic mass is 10.1. The maximum atomic E-state index is 6.19. The summed E-state index contributed by atoms with van der Waals surface area (Å²) in [5, 5.41) is 2.61. The van der Waals surface area contributed by atoms with E-state index in [1.807, 2.05) is 0 Å². The Morgan fingerprint density at radius 2 is 2.26 bits per heavy atom. The Morgan fingerprint density at radius 1 is 1.47 bits per heavy atom. The van der Waals surface area contributed by atoms with Gasteiger partial charge in [-0.3, -0.25) is 4.98 Å². The molecule has 0 aliphatic rings. The van der Waals surface area contributed by atoms with E-state index in [-0.39, 0.29) is 12.1 Å². The number of hydrogen-bond donors (Lipinski definition) is 1. The van der Waals surface area contributed by atoms with Gasteiger partial charge in [-0.2, -0.15) is 0 Å². The van der Waals surface area contributed by atoms with Crippen molar-refractivity contribution in [1.29, 1.82) is 0 Å². The van der Waals surface area contributed by atoms with Gasteiger partial charge < -0.3 is 10.5 Å². The molecule has 0 saturated carbocycles. The number of aromatic nitrogens is 1. The molecule has 102 valence electrons. The Kier molecular flexibility index (Phi) is 4.80. The highest BCUT2D eigenvalue weighted by atomic mass is 35.5. The van der Waals surface area contributed by atoms with Gasteiger partial charge in [0.25, 0.3) is 0 Å². The SMILES string of the molecule is CCC(N)C(Oc1cncc(Cl)c1)c1sccc1C. The van der Waals surface area contributed by atoms with Crippen LogP contribution in [0.5, 0.6) is 5.75 Å². The minimum Gasteiger partial charge on any atom is -0.482 e. The predicted octanol–water partition coefficient (Wildman–Crippen LogP) is 3.96. The van der Waals surface area contributed by atoms with Crippen molar-refractivity contribution in [2.24, 2.45) is 5.73 Å². The minimum atomic E-state index is -0.162. The number of ether oxygens (including phenoxy) is 1. The fourth-order valence-electron chi connectivity index (χ4n) is 1.83. The molecule has 0 aromatic carbocycles. The number of rotatable bonds is 5. The number of nitrogens with zero attached hydrogens (tertiary/aromatic N) is 1. The van der Waals surface area contributed by atoms with Crippen molar-refractivity contribution in [1.82, 2.24) is 4.98 Å². The molecule has 0 saturated heterocycles. The second kappa shape index (κ2) is 6.37. The number of nitrogens with two attached hydrogens (primary N) is 1. The molecule has 2 atom stereocenters. The van der Waals surface area contributed by atoms with Crippen molar-refractivity contribution >= 4 is 22.9 Å². The Hall–Kier alpha value is -1.10. The summed E-state index contributed by atoms with van der Waals surface area (Å²) in [4.78, 5) is 5.19. The molecular formula is C14H17ClN2OS. The lowest BCUT2D eigenvalue weighted by Crippen LogP contribution is -2.31. The summed E-state index contributed by atoms with van der Waals surface area (Å²) >= 11 is 7.59. The predicted molar refractivity (Wildman–Crippen MR) is 79.9 cm³/mol. The molecule has 2 heterocycles. The van der Waals surface area contributed by atoms with Crippen molar-refractivity contribution in [2.45, 2.75) is 32.4 Å². The molecule has 0 spiro atoms. The zero-order valence-electron chi connectivity index (χ0n) is 11.0. The van der Waals surface area contributed by atoms with Gasteiger partial charge in [0, 0.05) is 23.2 Å². The standard InChI is InChI=1S/C14H17ClN2OS/c1-3-12(16)13(14-9(2)4-5-19-14)18-11-6-10(15)7-17-8-11/h4-8,12-13H,3,16H2,1-2H3. The van der Waals surface area contributed by atoms with Gasteiger partial charge in [-0.1, -0.05) is 18.5 Å². The van der Waals surface area contributed by atoms with Crippen LogP contribution in [0.1, 0.15) is 29.9 Å². The van der Waals surface area contributed by atoms with Gasteiger partial charge in [-0.15, -0.1) is 11.3 Å². The lowest BCUT2D eigenvalue weighted by Gasteiger charge is -2.24. The topological polar surface area (TPSA) is 48.1 Å². The third-order valence-electron chi connectivity index (χ3n) is 2.96. The molecule has 3 nitrogen and oxygen atoms in total. The van der Waals surface area contributed by atoms with E-state index < -0.39 is 0 Å². The van der Waals surface area contributed by atoms with Crippen LogP contribution in [0.25, 0.3) is 0 Å². The van der Waals surface area contributed by atoms with Gasteiger partial charge in [-0.05, 0) is 30.4 Å². The summed E-state index contributed by atoms with van der Waals surface area (Å²) in [5.74, 6) is 0.647. The molecule has 0 bridgehead atoms. The second-order valence-corrected chi connectivity index (χ2v) is 5.80. The van der Waals surface area contributed by atoms with E-state index in [1.165, 1.54) is 5.56 Å². The maximum Gasteiger partial charge on any atom is 0.148 e. The Balaban J connectivity index is 2.27. The molecule has 2 aromatic rings. The van der Waals surface area contributed by atoms with E-state index in [9.17, 15) is 0 Å². The highest BCUT2D eigenvalue weighted by Gasteiger charge is 2.23. The summed E-state index contributed by atoms with van der Waals surface area (Å²) in [6.45, 7) is 4.13. The molecular weight excluding hydrogens is 280 g/mol. The first-order chi connectivity index (χ1) is 9.11.